The van der Waals surface area contributed by atoms with Crippen LogP contribution in [0.3, 0.4) is 0 Å². The van der Waals surface area contributed by atoms with Crippen molar-refractivity contribution in [3.8, 4) is 0 Å². The number of carbonyl (C=O) groups excluding carboxylic acids is 3. The molecule has 0 saturated carbocycles. The Labute approximate surface area is 207 Å². The molecule has 11 heteroatoms. The Morgan fingerprint density at radius 2 is 1.46 bits per heavy atom. The van der Waals surface area contributed by atoms with Gasteiger partial charge in [0.25, 0.3) is 15.9 Å². The quantitative estimate of drug-likeness (QED) is 0.449. The summed E-state index contributed by atoms with van der Waals surface area (Å²) in [4.78, 5) is 36.7. The fraction of sp³-hybridized carbons (Fsp3) is 0.125. The molecule has 0 unspecified atom stereocenters. The lowest BCUT2D eigenvalue weighted by molar-refractivity contribution is 0.0587. The number of halogens is 1. The van der Waals surface area contributed by atoms with Crippen LogP contribution in [-0.4, -0.2) is 40.5 Å². The second-order valence-corrected chi connectivity index (χ2v) is 9.37. The first-order valence-electron chi connectivity index (χ1n) is 10.1. The Morgan fingerprint density at radius 1 is 0.829 bits per heavy atom. The van der Waals surface area contributed by atoms with E-state index in [4.69, 9.17) is 16.3 Å². The molecule has 0 aliphatic carbocycles. The van der Waals surface area contributed by atoms with Gasteiger partial charge in [-0.05, 0) is 55.5 Å². The lowest BCUT2D eigenvalue weighted by atomic mass is 10.1. The number of benzene rings is 3. The van der Waals surface area contributed by atoms with Crippen molar-refractivity contribution >= 4 is 50.8 Å². The van der Waals surface area contributed by atoms with E-state index in [1.54, 1.807) is 24.3 Å². The van der Waals surface area contributed by atoms with Crippen molar-refractivity contribution in [1.29, 1.82) is 0 Å². The minimum absolute atomic E-state index is 0.0173. The molecule has 0 saturated heterocycles. The monoisotopic (exact) mass is 516 g/mol. The predicted octanol–water partition coefficient (Wildman–Crippen LogP) is 4.27. The highest BCUT2D eigenvalue weighted by Gasteiger charge is 2.22. The van der Waals surface area contributed by atoms with E-state index < -0.39 is 27.9 Å². The smallest absolute Gasteiger partial charge is 0.339 e. The molecule has 0 bridgehead atoms. The molecule has 0 heterocycles. The zero-order valence-corrected chi connectivity index (χ0v) is 20.5. The second-order valence-electron chi connectivity index (χ2n) is 7.31. The highest BCUT2D eigenvalue weighted by molar-refractivity contribution is 7.92. The van der Waals surface area contributed by atoms with Crippen molar-refractivity contribution < 1.29 is 32.3 Å². The predicted molar refractivity (Wildman–Crippen MR) is 131 cm³/mol. The Morgan fingerprint density at radius 3 is 2.09 bits per heavy atom. The molecular formula is C24H21ClN2O7S. The van der Waals surface area contributed by atoms with Crippen molar-refractivity contribution in [2.75, 3.05) is 24.3 Å². The molecule has 35 heavy (non-hydrogen) atoms. The largest absolute Gasteiger partial charge is 0.465 e. The zero-order chi connectivity index (χ0) is 25.8. The summed E-state index contributed by atoms with van der Waals surface area (Å²) in [7, 11) is -1.77. The second kappa shape index (κ2) is 10.6. The van der Waals surface area contributed by atoms with E-state index >= 15 is 0 Å². The molecule has 2 N–H and O–H groups in total. The number of esters is 2. The van der Waals surface area contributed by atoms with E-state index in [2.05, 4.69) is 14.8 Å². The van der Waals surface area contributed by atoms with Crippen LogP contribution in [0.4, 0.5) is 11.4 Å². The molecular weight excluding hydrogens is 496 g/mol. The van der Waals surface area contributed by atoms with Crippen molar-refractivity contribution in [1.82, 2.24) is 0 Å². The van der Waals surface area contributed by atoms with Gasteiger partial charge in [0, 0.05) is 11.3 Å². The van der Waals surface area contributed by atoms with Gasteiger partial charge in [0.05, 0.1) is 36.1 Å². The number of ether oxygens (including phenoxy) is 2. The summed E-state index contributed by atoms with van der Waals surface area (Å²) in [5, 5.41) is 2.42. The van der Waals surface area contributed by atoms with Crippen LogP contribution in [0, 0.1) is 6.92 Å². The third-order valence-corrected chi connectivity index (χ3v) is 6.74. The van der Waals surface area contributed by atoms with Crippen LogP contribution in [0.2, 0.25) is 5.02 Å². The van der Waals surface area contributed by atoms with E-state index in [1.165, 1.54) is 44.6 Å². The zero-order valence-electron chi connectivity index (χ0n) is 18.9. The third kappa shape index (κ3) is 5.97. The lowest BCUT2D eigenvalue weighted by Gasteiger charge is -2.13. The first kappa shape index (κ1) is 25.7. The third-order valence-electron chi connectivity index (χ3n) is 4.88. The van der Waals surface area contributed by atoms with Crippen LogP contribution in [0.25, 0.3) is 0 Å². The number of hydrogen-bond donors (Lipinski definition) is 2. The summed E-state index contributed by atoms with van der Waals surface area (Å²) < 4.78 is 37.7. The first-order valence-corrected chi connectivity index (χ1v) is 11.9. The van der Waals surface area contributed by atoms with Crippen molar-refractivity contribution in [3.63, 3.8) is 0 Å². The van der Waals surface area contributed by atoms with Gasteiger partial charge in [0.2, 0.25) is 0 Å². The van der Waals surface area contributed by atoms with Crippen molar-refractivity contribution in [2.45, 2.75) is 11.8 Å². The molecule has 0 spiro atoms. The lowest BCUT2D eigenvalue weighted by Crippen LogP contribution is -2.18. The molecule has 3 aromatic carbocycles. The topological polar surface area (TPSA) is 128 Å². The fourth-order valence-electron chi connectivity index (χ4n) is 3.06. The molecule has 9 nitrogen and oxygen atoms in total. The molecule has 3 rings (SSSR count). The summed E-state index contributed by atoms with van der Waals surface area (Å²) in [6.07, 6.45) is 0. The maximum absolute atomic E-state index is 13.0. The van der Waals surface area contributed by atoms with E-state index in [9.17, 15) is 22.8 Å². The van der Waals surface area contributed by atoms with Crippen LogP contribution >= 0.6 is 11.6 Å². The molecule has 0 aliphatic heterocycles. The molecule has 3 aromatic rings. The van der Waals surface area contributed by atoms with E-state index in [0.29, 0.717) is 5.69 Å². The van der Waals surface area contributed by atoms with E-state index in [-0.39, 0.29) is 32.3 Å². The minimum Gasteiger partial charge on any atom is -0.465 e. The number of nitrogens with one attached hydrogen (secondary N) is 2. The number of aryl methyl sites for hydroxylation is 1. The van der Waals surface area contributed by atoms with Crippen LogP contribution in [-0.2, 0) is 19.5 Å². The Kier molecular flexibility index (Phi) is 7.78. The maximum Gasteiger partial charge on any atom is 0.339 e. The number of rotatable bonds is 7. The van der Waals surface area contributed by atoms with E-state index in [0.717, 1.165) is 11.6 Å². The number of carbonyl (C=O) groups is 3. The summed E-state index contributed by atoms with van der Waals surface area (Å²) >= 11 is 6.13. The molecule has 1 amide bonds. The van der Waals surface area contributed by atoms with Gasteiger partial charge in [-0.15, -0.1) is 0 Å². The minimum atomic E-state index is -4.13. The summed E-state index contributed by atoms with van der Waals surface area (Å²) in [6.45, 7) is 1.86. The van der Waals surface area contributed by atoms with Crippen molar-refractivity contribution in [3.05, 3.63) is 87.9 Å². The summed E-state index contributed by atoms with van der Waals surface area (Å²) in [5.41, 5.74) is 1.25. The highest BCUT2D eigenvalue weighted by atomic mass is 35.5. The van der Waals surface area contributed by atoms with Crippen LogP contribution in [0.1, 0.15) is 36.6 Å². The number of methoxy groups -OCH3 is 2. The van der Waals surface area contributed by atoms with Gasteiger partial charge in [-0.1, -0.05) is 29.3 Å². The number of anilines is 2. The van der Waals surface area contributed by atoms with Gasteiger partial charge in [-0.2, -0.15) is 0 Å². The molecule has 0 fully saturated rings. The Bertz CT molecular complexity index is 1400. The number of amides is 1. The van der Waals surface area contributed by atoms with Gasteiger partial charge < -0.3 is 14.8 Å². The number of hydrogen-bond acceptors (Lipinski definition) is 7. The Hall–Kier alpha value is -3.89. The van der Waals surface area contributed by atoms with Gasteiger partial charge in [0.15, 0.2) is 0 Å². The summed E-state index contributed by atoms with van der Waals surface area (Å²) in [6, 6.07) is 14.3. The van der Waals surface area contributed by atoms with Gasteiger partial charge in [0.1, 0.15) is 4.90 Å². The number of sulfonamides is 1. The Balaban J connectivity index is 1.95. The first-order chi connectivity index (χ1) is 16.6. The molecule has 0 aromatic heterocycles. The maximum atomic E-state index is 13.0. The fourth-order valence-corrected chi connectivity index (χ4v) is 4.64. The molecule has 0 radical (unpaired) electrons. The van der Waals surface area contributed by atoms with Gasteiger partial charge >= 0.3 is 11.9 Å². The van der Waals surface area contributed by atoms with Crippen LogP contribution in [0.15, 0.2) is 65.6 Å². The standard InChI is InChI=1S/C24H21ClN2O7S/c1-14-4-8-17(9-5-14)27-35(31,32)21-13-15(7-11-19(21)25)22(28)26-20-12-16(23(29)33-2)6-10-18(20)24(30)34-3/h4-13,27H,1-3H3,(H,26,28). The van der Waals surface area contributed by atoms with Crippen LogP contribution in [0.5, 0.6) is 0 Å². The van der Waals surface area contributed by atoms with Gasteiger partial charge in [-0.25, -0.2) is 18.0 Å². The van der Waals surface area contributed by atoms with Gasteiger partial charge in [-0.3, -0.25) is 9.52 Å². The van der Waals surface area contributed by atoms with Crippen LogP contribution < -0.4 is 10.0 Å². The normalized spacial score (nSPS) is 10.9. The average Bonchev–Trinajstić information content (AvgIpc) is 2.84. The molecule has 0 aliphatic rings. The van der Waals surface area contributed by atoms with Crippen molar-refractivity contribution in [2.24, 2.45) is 0 Å². The SMILES string of the molecule is COC(=O)c1ccc(C(=O)OC)c(NC(=O)c2ccc(Cl)c(S(=O)(=O)Nc3ccc(C)cc3)c2)c1. The molecule has 0 atom stereocenters. The summed E-state index contributed by atoms with van der Waals surface area (Å²) in [5.74, 6) is -2.18. The van der Waals surface area contributed by atoms with E-state index in [1.807, 2.05) is 6.92 Å². The average molecular weight is 517 g/mol. The highest BCUT2D eigenvalue weighted by Crippen LogP contribution is 2.27. The molecule has 182 valence electrons.